The van der Waals surface area contributed by atoms with E-state index < -0.39 is 15.7 Å². The summed E-state index contributed by atoms with van der Waals surface area (Å²) in [7, 11) is -3.81. The van der Waals surface area contributed by atoms with Crippen LogP contribution in [-0.4, -0.2) is 60.7 Å². The number of likely N-dealkylation sites (tertiary alicyclic amines) is 1. The first-order chi connectivity index (χ1) is 11.9. The number of rotatable bonds is 6. The van der Waals surface area contributed by atoms with Crippen LogP contribution in [0.1, 0.15) is 19.3 Å². The Morgan fingerprint density at radius 3 is 2.72 bits per heavy atom. The summed E-state index contributed by atoms with van der Waals surface area (Å²) >= 11 is 6.07. The smallest absolute Gasteiger partial charge is 0.323 e. The van der Waals surface area contributed by atoms with Gasteiger partial charge in [0.1, 0.15) is 4.90 Å². The van der Waals surface area contributed by atoms with Crippen LogP contribution in [0, 0.1) is 0 Å². The lowest BCUT2D eigenvalue weighted by molar-refractivity contribution is 0.0923. The quantitative estimate of drug-likeness (QED) is 0.579. The third kappa shape index (κ3) is 4.06. The minimum absolute atomic E-state index is 0.0430. The van der Waals surface area contributed by atoms with Crippen molar-refractivity contribution in [3.8, 4) is 0 Å². The molecular formula is C15H21ClN4O4S. The summed E-state index contributed by atoms with van der Waals surface area (Å²) < 4.78 is 27.6. The first-order valence-corrected chi connectivity index (χ1v) is 10.0. The maximum atomic E-state index is 12.5. The summed E-state index contributed by atoms with van der Waals surface area (Å²) in [5.41, 5.74) is 0.410. The molecule has 1 fully saturated rings. The average Bonchev–Trinajstić information content (AvgIpc) is 2.93. The molecule has 0 amide bonds. The van der Waals surface area contributed by atoms with Gasteiger partial charge in [0.15, 0.2) is 0 Å². The minimum Gasteiger partial charge on any atom is -0.395 e. The number of halogens is 1. The number of nitrogens with one attached hydrogen (secondary N) is 3. The zero-order chi connectivity index (χ0) is 18.0. The second-order valence-electron chi connectivity index (χ2n) is 6.17. The summed E-state index contributed by atoms with van der Waals surface area (Å²) in [6.45, 7) is 1.67. The second-order valence-corrected chi connectivity index (χ2v) is 8.32. The number of H-pyrrole nitrogens is 2. The highest BCUT2D eigenvalue weighted by Gasteiger charge is 2.23. The number of imidazole rings is 1. The highest BCUT2D eigenvalue weighted by Crippen LogP contribution is 2.25. The molecule has 10 heteroatoms. The zero-order valence-corrected chi connectivity index (χ0v) is 15.2. The molecular weight excluding hydrogens is 368 g/mol. The standard InChI is InChI=1S/C15H21ClN4O4S/c16-11-7-12-13(19-15(22)18-12)8-14(11)25(23,24)17-4-6-20-5-2-1-3-10(20)9-21/h7-8,10,17,21H,1-6,9H2,(H2,18,19,22). The normalized spacial score (nSPS) is 19.5. The summed E-state index contributed by atoms with van der Waals surface area (Å²) in [5.74, 6) is 0. The molecule has 25 heavy (non-hydrogen) atoms. The number of hydrogen-bond acceptors (Lipinski definition) is 5. The minimum atomic E-state index is -3.81. The lowest BCUT2D eigenvalue weighted by Crippen LogP contribution is -2.45. The van der Waals surface area contributed by atoms with Gasteiger partial charge in [0, 0.05) is 19.1 Å². The van der Waals surface area contributed by atoms with Gasteiger partial charge in [0.2, 0.25) is 10.0 Å². The summed E-state index contributed by atoms with van der Waals surface area (Å²) in [5, 5.41) is 9.45. The summed E-state index contributed by atoms with van der Waals surface area (Å²) in [6.07, 6.45) is 3.05. The fourth-order valence-corrected chi connectivity index (χ4v) is 4.78. The number of aromatic nitrogens is 2. The van der Waals surface area contributed by atoms with Crippen molar-refractivity contribution in [3.63, 3.8) is 0 Å². The first-order valence-electron chi connectivity index (χ1n) is 8.17. The van der Waals surface area contributed by atoms with Gasteiger partial charge in [-0.2, -0.15) is 0 Å². The molecule has 1 aromatic carbocycles. The number of fused-ring (bicyclic) bond motifs is 1. The van der Waals surface area contributed by atoms with E-state index in [4.69, 9.17) is 11.6 Å². The molecule has 1 atom stereocenters. The van der Waals surface area contributed by atoms with Crippen LogP contribution in [0.4, 0.5) is 0 Å². The molecule has 138 valence electrons. The van der Waals surface area contributed by atoms with Crippen molar-refractivity contribution < 1.29 is 13.5 Å². The van der Waals surface area contributed by atoms with Crippen LogP contribution in [0.25, 0.3) is 11.0 Å². The predicted molar refractivity (Wildman–Crippen MR) is 95.4 cm³/mol. The van der Waals surface area contributed by atoms with Gasteiger partial charge in [-0.1, -0.05) is 18.0 Å². The van der Waals surface area contributed by atoms with Crippen molar-refractivity contribution in [3.05, 3.63) is 27.6 Å². The number of aliphatic hydroxyl groups is 1. The maximum absolute atomic E-state index is 12.5. The monoisotopic (exact) mass is 388 g/mol. The van der Waals surface area contributed by atoms with Gasteiger partial charge >= 0.3 is 5.69 Å². The van der Waals surface area contributed by atoms with Crippen molar-refractivity contribution in [2.45, 2.75) is 30.2 Å². The van der Waals surface area contributed by atoms with E-state index in [9.17, 15) is 18.3 Å². The Morgan fingerprint density at radius 1 is 1.28 bits per heavy atom. The number of hydrogen-bond donors (Lipinski definition) is 4. The Morgan fingerprint density at radius 2 is 2.00 bits per heavy atom. The first kappa shape index (κ1) is 18.4. The predicted octanol–water partition coefficient (Wildman–Crippen LogP) is 0.635. The van der Waals surface area contributed by atoms with Gasteiger partial charge in [-0.25, -0.2) is 17.9 Å². The molecule has 0 radical (unpaired) electrons. The van der Waals surface area contributed by atoms with E-state index in [0.29, 0.717) is 17.6 Å². The van der Waals surface area contributed by atoms with Crippen LogP contribution in [-0.2, 0) is 10.0 Å². The van der Waals surface area contributed by atoms with E-state index in [0.717, 1.165) is 25.8 Å². The van der Waals surface area contributed by atoms with Crippen LogP contribution < -0.4 is 10.4 Å². The second kappa shape index (κ2) is 7.46. The summed E-state index contributed by atoms with van der Waals surface area (Å²) in [4.78, 5) is 18.4. The molecule has 3 rings (SSSR count). The fourth-order valence-electron chi connectivity index (χ4n) is 3.20. The summed E-state index contributed by atoms with van der Waals surface area (Å²) in [6, 6.07) is 2.84. The van der Waals surface area contributed by atoms with Crippen molar-refractivity contribution in [2.24, 2.45) is 0 Å². The van der Waals surface area contributed by atoms with Gasteiger partial charge in [-0.05, 0) is 31.5 Å². The molecule has 0 bridgehead atoms. The van der Waals surface area contributed by atoms with Gasteiger partial charge in [0.05, 0.1) is 22.7 Å². The van der Waals surface area contributed by atoms with Crippen molar-refractivity contribution in [1.82, 2.24) is 19.6 Å². The average molecular weight is 389 g/mol. The highest BCUT2D eigenvalue weighted by atomic mass is 35.5. The van der Waals surface area contributed by atoms with E-state index >= 15 is 0 Å². The Labute approximate surface area is 150 Å². The Kier molecular flexibility index (Phi) is 5.49. The fraction of sp³-hybridized carbons (Fsp3) is 0.533. The molecule has 8 nitrogen and oxygen atoms in total. The van der Waals surface area contributed by atoms with E-state index in [1.54, 1.807) is 0 Å². The number of aromatic amines is 2. The number of aliphatic hydroxyl groups excluding tert-OH is 1. The molecule has 1 unspecified atom stereocenters. The van der Waals surface area contributed by atoms with Crippen molar-refractivity contribution in [2.75, 3.05) is 26.2 Å². The third-order valence-electron chi connectivity index (χ3n) is 4.51. The zero-order valence-electron chi connectivity index (χ0n) is 13.6. The lowest BCUT2D eigenvalue weighted by Gasteiger charge is -2.34. The molecule has 1 saturated heterocycles. The largest absolute Gasteiger partial charge is 0.395 e. The molecule has 2 heterocycles. The Bertz CT molecular complexity index is 908. The lowest BCUT2D eigenvalue weighted by atomic mass is 10.0. The van der Waals surface area contributed by atoms with Crippen molar-refractivity contribution >= 4 is 32.7 Å². The molecule has 2 aromatic rings. The molecule has 0 spiro atoms. The van der Waals surface area contributed by atoms with Gasteiger partial charge in [-0.15, -0.1) is 0 Å². The van der Waals surface area contributed by atoms with Crippen LogP contribution in [0.15, 0.2) is 21.8 Å². The third-order valence-corrected chi connectivity index (χ3v) is 6.43. The molecule has 1 aliphatic rings. The van der Waals surface area contributed by atoms with Gasteiger partial charge < -0.3 is 15.1 Å². The van der Waals surface area contributed by atoms with Crippen LogP contribution in [0.3, 0.4) is 0 Å². The number of nitrogens with zero attached hydrogens (tertiary/aromatic N) is 1. The molecule has 1 aromatic heterocycles. The number of sulfonamides is 1. The van der Waals surface area contributed by atoms with Crippen molar-refractivity contribution in [1.29, 1.82) is 0 Å². The van der Waals surface area contributed by atoms with E-state index in [1.165, 1.54) is 12.1 Å². The van der Waals surface area contributed by atoms with Gasteiger partial charge in [-0.3, -0.25) is 4.90 Å². The molecule has 0 aliphatic carbocycles. The molecule has 0 saturated carbocycles. The van der Waals surface area contributed by atoms with E-state index in [1.807, 2.05) is 0 Å². The van der Waals surface area contributed by atoms with Crippen LogP contribution in [0.5, 0.6) is 0 Å². The maximum Gasteiger partial charge on any atom is 0.323 e. The van der Waals surface area contributed by atoms with E-state index in [-0.39, 0.29) is 29.1 Å². The topological polar surface area (TPSA) is 118 Å². The number of piperidine rings is 1. The number of benzene rings is 1. The molecule has 4 N–H and O–H groups in total. The SMILES string of the molecule is O=c1[nH]c2cc(Cl)c(S(=O)(=O)NCCN3CCCCC3CO)cc2[nH]1. The highest BCUT2D eigenvalue weighted by molar-refractivity contribution is 7.89. The molecule has 1 aliphatic heterocycles. The van der Waals surface area contributed by atoms with Crippen LogP contribution in [0.2, 0.25) is 5.02 Å². The van der Waals surface area contributed by atoms with Gasteiger partial charge in [0.25, 0.3) is 0 Å². The van der Waals surface area contributed by atoms with Crippen LogP contribution >= 0.6 is 11.6 Å². The Hall–Kier alpha value is -1.39. The van der Waals surface area contributed by atoms with E-state index in [2.05, 4.69) is 19.6 Å². The Balaban J connectivity index is 1.71.